The van der Waals surface area contributed by atoms with E-state index in [1.807, 2.05) is 0 Å². The van der Waals surface area contributed by atoms with Crippen molar-refractivity contribution in [1.29, 1.82) is 0 Å². The molecule has 2 aliphatic rings. The minimum Gasteiger partial charge on any atom is -0.379 e. The summed E-state index contributed by atoms with van der Waals surface area (Å²) in [5.41, 5.74) is 1.09. The molecule has 7 nitrogen and oxygen atoms in total. The highest BCUT2D eigenvalue weighted by atomic mass is 32.2. The van der Waals surface area contributed by atoms with E-state index in [2.05, 4.69) is 0 Å². The van der Waals surface area contributed by atoms with E-state index in [9.17, 15) is 16.8 Å². The van der Waals surface area contributed by atoms with Crippen LogP contribution in [0, 0.1) is 0 Å². The van der Waals surface area contributed by atoms with E-state index >= 15 is 0 Å². The van der Waals surface area contributed by atoms with E-state index in [1.54, 1.807) is 48.5 Å². The fourth-order valence-electron chi connectivity index (χ4n) is 3.93. The van der Waals surface area contributed by atoms with Gasteiger partial charge < -0.3 is 4.74 Å². The molecular formula is C21H26N2O5S2. The van der Waals surface area contributed by atoms with Gasteiger partial charge in [-0.2, -0.15) is 8.61 Å². The standard InChI is InChI=1S/C21H26N2O5S2/c24-29(25,23-13-15-28-16-14-23)19-8-6-7-18(17-19)20-9-2-3-10-21(20)30(26,27)22-11-4-1-5-12-22/h2-3,6-10,17H,1,4-5,11-16H2. The second-order valence-corrected chi connectivity index (χ2v) is 11.3. The van der Waals surface area contributed by atoms with E-state index in [0.29, 0.717) is 50.5 Å². The molecule has 2 heterocycles. The smallest absolute Gasteiger partial charge is 0.243 e. The molecule has 0 radical (unpaired) electrons. The molecule has 2 aromatic rings. The number of hydrogen-bond acceptors (Lipinski definition) is 5. The maximum absolute atomic E-state index is 13.3. The van der Waals surface area contributed by atoms with Gasteiger partial charge in [0.05, 0.1) is 23.0 Å². The van der Waals surface area contributed by atoms with Crippen molar-refractivity contribution in [2.45, 2.75) is 29.1 Å². The minimum atomic E-state index is -3.67. The minimum absolute atomic E-state index is 0.159. The first-order valence-electron chi connectivity index (χ1n) is 10.2. The van der Waals surface area contributed by atoms with Crippen molar-refractivity contribution in [2.75, 3.05) is 39.4 Å². The lowest BCUT2D eigenvalue weighted by molar-refractivity contribution is 0.0730. The Kier molecular flexibility index (Phi) is 6.26. The van der Waals surface area contributed by atoms with Crippen LogP contribution in [0.5, 0.6) is 0 Å². The molecule has 2 fully saturated rings. The molecule has 2 aliphatic heterocycles. The summed E-state index contributed by atoms with van der Waals surface area (Å²) in [6, 6.07) is 13.3. The Morgan fingerprint density at radius 2 is 1.37 bits per heavy atom. The van der Waals surface area contributed by atoms with Crippen LogP contribution in [0.2, 0.25) is 0 Å². The summed E-state index contributed by atoms with van der Waals surface area (Å²) in [7, 11) is -7.32. The molecule has 0 aromatic heterocycles. The van der Waals surface area contributed by atoms with Crippen LogP contribution in [0.1, 0.15) is 19.3 Å². The second-order valence-electron chi connectivity index (χ2n) is 7.51. The number of morpholine rings is 1. The second kappa shape index (κ2) is 8.76. The molecule has 0 bridgehead atoms. The molecule has 0 N–H and O–H groups in total. The Morgan fingerprint density at radius 1 is 0.700 bits per heavy atom. The van der Waals surface area contributed by atoms with Gasteiger partial charge in [0.1, 0.15) is 0 Å². The molecule has 30 heavy (non-hydrogen) atoms. The van der Waals surface area contributed by atoms with E-state index in [1.165, 1.54) is 8.61 Å². The van der Waals surface area contributed by atoms with Crippen LogP contribution in [0.25, 0.3) is 11.1 Å². The molecule has 4 rings (SSSR count). The lowest BCUT2D eigenvalue weighted by atomic mass is 10.1. The predicted octanol–water partition coefficient (Wildman–Crippen LogP) is 2.55. The number of piperidine rings is 1. The Labute approximate surface area is 178 Å². The first kappa shape index (κ1) is 21.5. The molecule has 0 spiro atoms. The van der Waals surface area contributed by atoms with Crippen LogP contribution >= 0.6 is 0 Å². The number of rotatable bonds is 5. The molecule has 162 valence electrons. The summed E-state index contributed by atoms with van der Waals surface area (Å²) < 4.78 is 60.9. The van der Waals surface area contributed by atoms with E-state index in [0.717, 1.165) is 19.3 Å². The first-order chi connectivity index (χ1) is 14.4. The summed E-state index contributed by atoms with van der Waals surface area (Å²) in [6.45, 7) is 2.40. The third kappa shape index (κ3) is 4.17. The van der Waals surface area contributed by atoms with E-state index in [4.69, 9.17) is 4.74 Å². The average molecular weight is 451 g/mol. The molecule has 0 unspecified atom stereocenters. The quantitative estimate of drug-likeness (QED) is 0.699. The molecular weight excluding hydrogens is 424 g/mol. The first-order valence-corrected chi connectivity index (χ1v) is 13.1. The van der Waals surface area contributed by atoms with Gasteiger partial charge in [-0.05, 0) is 36.6 Å². The fourth-order valence-corrected chi connectivity index (χ4v) is 7.12. The van der Waals surface area contributed by atoms with Gasteiger partial charge in [-0.1, -0.05) is 36.8 Å². The number of ether oxygens (including phenoxy) is 1. The average Bonchev–Trinajstić information content (AvgIpc) is 2.80. The lowest BCUT2D eigenvalue weighted by Gasteiger charge is -2.27. The molecule has 0 aliphatic carbocycles. The third-order valence-electron chi connectivity index (χ3n) is 5.57. The van der Waals surface area contributed by atoms with Gasteiger partial charge in [-0.15, -0.1) is 0 Å². The highest BCUT2D eigenvalue weighted by Crippen LogP contribution is 2.32. The van der Waals surface area contributed by atoms with Crippen LogP contribution in [0.3, 0.4) is 0 Å². The third-order valence-corrected chi connectivity index (χ3v) is 9.42. The Balaban J connectivity index is 1.73. The van der Waals surface area contributed by atoms with E-state index in [-0.39, 0.29) is 9.79 Å². The SMILES string of the molecule is O=S(=O)(c1cccc(-c2ccccc2S(=O)(=O)N2CCCCC2)c1)N1CCOCC1. The molecule has 0 atom stereocenters. The monoisotopic (exact) mass is 450 g/mol. The maximum atomic E-state index is 13.3. The molecule has 0 amide bonds. The zero-order valence-electron chi connectivity index (χ0n) is 16.7. The van der Waals surface area contributed by atoms with Crippen molar-refractivity contribution >= 4 is 20.0 Å². The number of nitrogens with zero attached hydrogens (tertiary/aromatic N) is 2. The highest BCUT2D eigenvalue weighted by molar-refractivity contribution is 7.89. The van der Waals surface area contributed by atoms with Crippen molar-refractivity contribution in [3.8, 4) is 11.1 Å². The Hall–Kier alpha value is -1.78. The summed E-state index contributed by atoms with van der Waals surface area (Å²) >= 11 is 0. The summed E-state index contributed by atoms with van der Waals surface area (Å²) in [6.07, 6.45) is 2.75. The summed E-state index contributed by atoms with van der Waals surface area (Å²) in [4.78, 5) is 0.375. The van der Waals surface area contributed by atoms with Gasteiger partial charge in [-0.3, -0.25) is 0 Å². The number of benzene rings is 2. The summed E-state index contributed by atoms with van der Waals surface area (Å²) in [5.74, 6) is 0. The molecule has 2 saturated heterocycles. The fraction of sp³-hybridized carbons (Fsp3) is 0.429. The van der Waals surface area contributed by atoms with Gasteiger partial charge in [0, 0.05) is 31.7 Å². The zero-order chi connectivity index (χ0) is 21.2. The van der Waals surface area contributed by atoms with Gasteiger partial charge in [0.25, 0.3) is 0 Å². The topological polar surface area (TPSA) is 84.0 Å². The van der Waals surface area contributed by atoms with Crippen LogP contribution in [-0.2, 0) is 24.8 Å². The predicted molar refractivity (Wildman–Crippen MR) is 114 cm³/mol. The normalized spacial score (nSPS) is 19.6. The van der Waals surface area contributed by atoms with Gasteiger partial charge in [0.2, 0.25) is 20.0 Å². The van der Waals surface area contributed by atoms with Crippen molar-refractivity contribution in [1.82, 2.24) is 8.61 Å². The van der Waals surface area contributed by atoms with Crippen molar-refractivity contribution in [3.63, 3.8) is 0 Å². The van der Waals surface area contributed by atoms with Gasteiger partial charge in [0.15, 0.2) is 0 Å². The molecule has 2 aromatic carbocycles. The van der Waals surface area contributed by atoms with Gasteiger partial charge in [-0.25, -0.2) is 16.8 Å². The lowest BCUT2D eigenvalue weighted by Crippen LogP contribution is -2.40. The van der Waals surface area contributed by atoms with Crippen molar-refractivity contribution < 1.29 is 21.6 Å². The van der Waals surface area contributed by atoms with Crippen LogP contribution in [0.4, 0.5) is 0 Å². The van der Waals surface area contributed by atoms with E-state index < -0.39 is 20.0 Å². The highest BCUT2D eigenvalue weighted by Gasteiger charge is 2.30. The number of hydrogen-bond donors (Lipinski definition) is 0. The zero-order valence-corrected chi connectivity index (χ0v) is 18.4. The van der Waals surface area contributed by atoms with Crippen molar-refractivity contribution in [3.05, 3.63) is 48.5 Å². The Bertz CT molecular complexity index is 1100. The number of sulfonamides is 2. The largest absolute Gasteiger partial charge is 0.379 e. The van der Waals surface area contributed by atoms with Gasteiger partial charge >= 0.3 is 0 Å². The maximum Gasteiger partial charge on any atom is 0.243 e. The summed E-state index contributed by atoms with van der Waals surface area (Å²) in [5, 5.41) is 0. The Morgan fingerprint density at radius 3 is 2.10 bits per heavy atom. The molecule has 0 saturated carbocycles. The van der Waals surface area contributed by atoms with Crippen molar-refractivity contribution in [2.24, 2.45) is 0 Å². The van der Waals surface area contributed by atoms with Crippen LogP contribution < -0.4 is 0 Å². The van der Waals surface area contributed by atoms with Crippen LogP contribution in [0.15, 0.2) is 58.3 Å². The molecule has 9 heteroatoms. The van der Waals surface area contributed by atoms with Crippen LogP contribution in [-0.4, -0.2) is 64.8 Å².